The molecule has 0 saturated heterocycles. The molecule has 3 aliphatic carbocycles. The fourth-order valence-electron chi connectivity index (χ4n) is 5.42. The first-order valence-electron chi connectivity index (χ1n) is 10.2. The summed E-state index contributed by atoms with van der Waals surface area (Å²) in [6, 6.07) is 5.13. The fourth-order valence-corrected chi connectivity index (χ4v) is 6.36. The Hall–Kier alpha value is -2.27. The maximum Gasteiger partial charge on any atom is 0.511 e. The summed E-state index contributed by atoms with van der Waals surface area (Å²) < 4.78 is 66.2. The largest absolute Gasteiger partial charge is 0.511 e. The van der Waals surface area contributed by atoms with E-state index >= 15 is 0 Å². The lowest BCUT2D eigenvalue weighted by atomic mass is 9.41. The number of aromatic nitrogens is 2. The second kappa shape index (κ2) is 6.86. The number of imidazole rings is 1. The average Bonchev–Trinajstić information content (AvgIpc) is 3.09. The Labute approximate surface area is 178 Å². The summed E-state index contributed by atoms with van der Waals surface area (Å²) in [6.45, 7) is -0.0860. The number of nitrogens with zero attached hydrogens (tertiary/aromatic N) is 3. The number of halogens is 3. The second-order valence-electron chi connectivity index (χ2n) is 8.90. The van der Waals surface area contributed by atoms with Crippen molar-refractivity contribution in [1.82, 2.24) is 14.3 Å². The van der Waals surface area contributed by atoms with E-state index in [0.29, 0.717) is 28.0 Å². The number of benzene rings is 1. The van der Waals surface area contributed by atoms with Crippen molar-refractivity contribution < 1.29 is 21.6 Å². The van der Waals surface area contributed by atoms with Crippen LogP contribution in [-0.4, -0.2) is 47.8 Å². The maximum atomic E-state index is 13.5. The van der Waals surface area contributed by atoms with Gasteiger partial charge in [-0.15, -0.1) is 0 Å². The van der Waals surface area contributed by atoms with E-state index in [1.807, 2.05) is 12.1 Å². The number of hydrogen-bond acceptors (Lipinski definition) is 5. The third-order valence-electron chi connectivity index (χ3n) is 7.10. The maximum absolute atomic E-state index is 13.5. The number of aromatic amines is 1. The lowest BCUT2D eigenvalue weighted by molar-refractivity contribution is -0.129. The standard InChI is InChI=1S/C20H24F3N5O2S/c1-24-15-2-3-17-14(4-15)9-27(31(29,30)20(21,22)23)11-18(19-5-13(6-19)7-19)28(17)10-16-8-25-12-26-16/h2-4,8,12-13,18,24H,5-7,9-11H2,1H3,(H,25,26)/t13?,18-,19?/m0/s1. The molecule has 2 aromatic rings. The Kier molecular flexibility index (Phi) is 4.57. The molecule has 31 heavy (non-hydrogen) atoms. The lowest BCUT2D eigenvalue weighted by Crippen LogP contribution is -2.66. The highest BCUT2D eigenvalue weighted by atomic mass is 32.2. The molecule has 2 heterocycles. The minimum absolute atomic E-state index is 0.145. The van der Waals surface area contributed by atoms with Gasteiger partial charge in [-0.25, -0.2) is 13.4 Å². The Balaban J connectivity index is 1.63. The molecule has 2 bridgehead atoms. The first-order valence-corrected chi connectivity index (χ1v) is 11.7. The van der Waals surface area contributed by atoms with Crippen molar-refractivity contribution in [1.29, 1.82) is 0 Å². The number of anilines is 2. The molecule has 3 saturated carbocycles. The molecule has 0 unspecified atom stereocenters. The van der Waals surface area contributed by atoms with Crippen molar-refractivity contribution in [3.05, 3.63) is 42.0 Å². The van der Waals surface area contributed by atoms with Crippen molar-refractivity contribution in [3.8, 4) is 0 Å². The highest BCUT2D eigenvalue weighted by Gasteiger charge is 2.63. The predicted molar refractivity (Wildman–Crippen MR) is 110 cm³/mol. The monoisotopic (exact) mass is 455 g/mol. The van der Waals surface area contributed by atoms with Crippen LogP contribution in [0.25, 0.3) is 0 Å². The molecule has 1 atom stereocenters. The van der Waals surface area contributed by atoms with Crippen molar-refractivity contribution in [2.45, 2.75) is 43.9 Å². The molecule has 0 radical (unpaired) electrons. The Morgan fingerprint density at radius 3 is 2.58 bits per heavy atom. The summed E-state index contributed by atoms with van der Waals surface area (Å²) in [5.74, 6) is 0.607. The van der Waals surface area contributed by atoms with Crippen molar-refractivity contribution in [2.24, 2.45) is 11.3 Å². The zero-order chi connectivity index (χ0) is 22.0. The molecule has 2 N–H and O–H groups in total. The van der Waals surface area contributed by atoms with Crippen molar-refractivity contribution in [3.63, 3.8) is 0 Å². The van der Waals surface area contributed by atoms with Gasteiger partial charge in [0.2, 0.25) is 0 Å². The van der Waals surface area contributed by atoms with Crippen LogP contribution in [0.5, 0.6) is 0 Å². The van der Waals surface area contributed by atoms with Gasteiger partial charge in [-0.3, -0.25) is 0 Å². The molecule has 0 amide bonds. The van der Waals surface area contributed by atoms with Gasteiger partial charge in [0, 0.05) is 43.8 Å². The van der Waals surface area contributed by atoms with E-state index in [1.54, 1.807) is 25.6 Å². The molecule has 0 spiro atoms. The van der Waals surface area contributed by atoms with Gasteiger partial charge in [0.25, 0.3) is 0 Å². The summed E-state index contributed by atoms with van der Waals surface area (Å²) in [7, 11) is -3.75. The van der Waals surface area contributed by atoms with E-state index in [1.165, 1.54) is 0 Å². The third kappa shape index (κ3) is 3.20. The summed E-state index contributed by atoms with van der Waals surface area (Å²) in [5, 5.41) is 2.99. The number of rotatable bonds is 5. The zero-order valence-electron chi connectivity index (χ0n) is 17.0. The van der Waals surface area contributed by atoms with E-state index in [4.69, 9.17) is 0 Å². The normalized spacial score (nSPS) is 28.3. The van der Waals surface area contributed by atoms with Crippen LogP contribution in [0.4, 0.5) is 24.5 Å². The molecule has 3 fully saturated rings. The van der Waals surface area contributed by atoms with E-state index in [0.717, 1.165) is 30.6 Å². The minimum atomic E-state index is -5.46. The van der Waals surface area contributed by atoms with Gasteiger partial charge in [0.15, 0.2) is 0 Å². The minimum Gasteiger partial charge on any atom is -0.388 e. The fraction of sp³-hybridized carbons (Fsp3) is 0.550. The Morgan fingerprint density at radius 1 is 1.29 bits per heavy atom. The summed E-state index contributed by atoms with van der Waals surface area (Å²) in [4.78, 5) is 9.22. The van der Waals surface area contributed by atoms with Crippen LogP contribution in [0.3, 0.4) is 0 Å². The molecule has 168 valence electrons. The molecular weight excluding hydrogens is 431 g/mol. The van der Waals surface area contributed by atoms with Crippen LogP contribution < -0.4 is 10.2 Å². The molecule has 11 heteroatoms. The average molecular weight is 456 g/mol. The van der Waals surface area contributed by atoms with Crippen LogP contribution >= 0.6 is 0 Å². The predicted octanol–water partition coefficient (Wildman–Crippen LogP) is 3.29. The van der Waals surface area contributed by atoms with E-state index in [2.05, 4.69) is 20.2 Å². The zero-order valence-corrected chi connectivity index (χ0v) is 17.8. The van der Waals surface area contributed by atoms with Crippen molar-refractivity contribution >= 4 is 21.4 Å². The molecule has 1 aromatic carbocycles. The van der Waals surface area contributed by atoms with Gasteiger partial charge in [-0.1, -0.05) is 0 Å². The van der Waals surface area contributed by atoms with Crippen LogP contribution in [0.1, 0.15) is 30.5 Å². The van der Waals surface area contributed by atoms with Crippen LogP contribution in [0.2, 0.25) is 0 Å². The quantitative estimate of drug-likeness (QED) is 0.723. The molecule has 6 rings (SSSR count). The number of nitrogens with one attached hydrogen (secondary N) is 2. The third-order valence-corrected chi connectivity index (χ3v) is 8.64. The van der Waals surface area contributed by atoms with Gasteiger partial charge in [0.05, 0.1) is 18.6 Å². The molecule has 7 nitrogen and oxygen atoms in total. The first-order chi connectivity index (χ1) is 14.6. The highest BCUT2D eigenvalue weighted by Crippen LogP contribution is 2.67. The number of alkyl halides is 3. The summed E-state index contributed by atoms with van der Waals surface area (Å²) >= 11 is 0. The summed E-state index contributed by atoms with van der Waals surface area (Å²) in [6.07, 6.45) is 6.05. The van der Waals surface area contributed by atoms with Gasteiger partial charge in [0.1, 0.15) is 0 Å². The van der Waals surface area contributed by atoms with E-state index < -0.39 is 15.5 Å². The number of H-pyrrole nitrogens is 1. The molecule has 4 aliphatic rings. The number of hydrogen-bond donors (Lipinski definition) is 2. The van der Waals surface area contributed by atoms with E-state index in [9.17, 15) is 21.6 Å². The van der Waals surface area contributed by atoms with Gasteiger partial charge >= 0.3 is 15.5 Å². The smallest absolute Gasteiger partial charge is 0.388 e. The Morgan fingerprint density at radius 2 is 2.03 bits per heavy atom. The topological polar surface area (TPSA) is 81.3 Å². The van der Waals surface area contributed by atoms with Crippen LogP contribution in [0, 0.1) is 11.3 Å². The van der Waals surface area contributed by atoms with E-state index in [-0.39, 0.29) is 24.5 Å². The summed E-state index contributed by atoms with van der Waals surface area (Å²) in [5.41, 5.74) is -2.62. The number of fused-ring (bicyclic) bond motifs is 1. The van der Waals surface area contributed by atoms with Gasteiger partial charge < -0.3 is 15.2 Å². The molecule has 1 aromatic heterocycles. The SMILES string of the molecule is CNc1ccc2c(c1)CN(S(=O)(=O)C(F)(F)F)C[C@@H](C13CC(C1)C3)N2Cc1cnc[nH]1. The van der Waals surface area contributed by atoms with Crippen molar-refractivity contribution in [2.75, 3.05) is 23.8 Å². The highest BCUT2D eigenvalue weighted by molar-refractivity contribution is 7.89. The van der Waals surface area contributed by atoms with Gasteiger partial charge in [-0.2, -0.15) is 17.5 Å². The first kappa shape index (κ1) is 20.6. The molecule has 1 aliphatic heterocycles. The van der Waals surface area contributed by atoms with Crippen LogP contribution in [-0.2, 0) is 23.1 Å². The second-order valence-corrected chi connectivity index (χ2v) is 10.8. The molecular formula is C20H24F3N5O2S. The Bertz CT molecular complexity index is 1070. The van der Waals surface area contributed by atoms with Gasteiger partial charge in [-0.05, 0) is 54.4 Å². The number of sulfonamides is 1. The van der Waals surface area contributed by atoms with Crippen LogP contribution in [0.15, 0.2) is 30.7 Å². The lowest BCUT2D eigenvalue weighted by Gasteiger charge is -2.67.